The van der Waals surface area contributed by atoms with Crippen LogP contribution in [0.5, 0.6) is 23.1 Å². The maximum Gasteiger partial charge on any atom is 0.248 e. The lowest BCUT2D eigenvalue weighted by molar-refractivity contribution is -0.126. The van der Waals surface area contributed by atoms with Gasteiger partial charge in [0.05, 0.1) is 39.8 Å². The highest BCUT2D eigenvalue weighted by Crippen LogP contribution is 2.35. The summed E-state index contributed by atoms with van der Waals surface area (Å²) in [6, 6.07) is 4.90. The molecule has 200 valence electrons. The number of sulfone groups is 1. The highest BCUT2D eigenvalue weighted by molar-refractivity contribution is 7.93. The molecular weight excluding hydrogens is 500 g/mol. The Hall–Kier alpha value is -3.77. The number of nitrogens with zero attached hydrogens (tertiary/aromatic N) is 2. The molecule has 1 fully saturated rings. The average Bonchev–Trinajstić information content (AvgIpc) is 2.91. The van der Waals surface area contributed by atoms with Crippen molar-refractivity contribution in [2.75, 3.05) is 59.9 Å². The van der Waals surface area contributed by atoms with Crippen LogP contribution in [0.2, 0.25) is 0 Å². The molecule has 0 atom stereocenters. The fraction of sp³-hybridized carbons (Fsp3) is 0.360. The molecule has 2 heterocycles. The van der Waals surface area contributed by atoms with Gasteiger partial charge in [-0.2, -0.15) is 0 Å². The van der Waals surface area contributed by atoms with Crippen LogP contribution in [0.3, 0.4) is 0 Å². The summed E-state index contributed by atoms with van der Waals surface area (Å²) in [5, 5.41) is 7.27. The third-order valence-electron chi connectivity index (χ3n) is 5.56. The lowest BCUT2D eigenvalue weighted by atomic mass is 10.1. The van der Waals surface area contributed by atoms with Gasteiger partial charge in [0.1, 0.15) is 22.9 Å². The molecule has 1 aliphatic rings. The molecule has 37 heavy (non-hydrogen) atoms. The van der Waals surface area contributed by atoms with Gasteiger partial charge < -0.3 is 34.5 Å². The van der Waals surface area contributed by atoms with Crippen LogP contribution in [0.1, 0.15) is 11.1 Å². The van der Waals surface area contributed by atoms with E-state index < -0.39 is 9.84 Å². The predicted molar refractivity (Wildman–Crippen MR) is 141 cm³/mol. The van der Waals surface area contributed by atoms with Crippen LogP contribution in [-0.4, -0.2) is 78.8 Å². The molecule has 0 spiro atoms. The van der Waals surface area contributed by atoms with Gasteiger partial charge in [0, 0.05) is 62.2 Å². The van der Waals surface area contributed by atoms with Crippen LogP contribution in [-0.2, 0) is 20.4 Å². The number of hydrogen-bond donors (Lipinski definition) is 2. The highest BCUT2D eigenvalue weighted by atomic mass is 32.2. The van der Waals surface area contributed by atoms with Crippen molar-refractivity contribution in [1.29, 1.82) is 0 Å². The summed E-state index contributed by atoms with van der Waals surface area (Å²) in [5.74, 6) is 1.17. The number of hydrogen-bond acceptors (Lipinski definition) is 10. The molecule has 11 nitrogen and oxygen atoms in total. The zero-order valence-electron chi connectivity index (χ0n) is 21.3. The number of piperazine rings is 1. The first-order chi connectivity index (χ1) is 17.8. The van der Waals surface area contributed by atoms with Gasteiger partial charge in [0.2, 0.25) is 11.8 Å². The van der Waals surface area contributed by atoms with E-state index in [2.05, 4.69) is 15.6 Å². The first-order valence-corrected chi connectivity index (χ1v) is 13.2. The molecule has 1 amide bonds. The number of rotatable bonds is 11. The normalized spacial score (nSPS) is 14.1. The van der Waals surface area contributed by atoms with E-state index in [-0.39, 0.29) is 17.5 Å². The predicted octanol–water partition coefficient (Wildman–Crippen LogP) is 2.06. The number of methoxy groups -OCH3 is 4. The Morgan fingerprint density at radius 2 is 1.73 bits per heavy atom. The maximum absolute atomic E-state index is 12.9. The van der Waals surface area contributed by atoms with Crippen LogP contribution in [0, 0.1) is 0 Å². The van der Waals surface area contributed by atoms with Crippen molar-refractivity contribution >= 4 is 27.5 Å². The van der Waals surface area contributed by atoms with Gasteiger partial charge in [-0.05, 0) is 17.7 Å². The van der Waals surface area contributed by atoms with Crippen LogP contribution in [0.4, 0.5) is 5.69 Å². The summed E-state index contributed by atoms with van der Waals surface area (Å²) < 4.78 is 47.0. The topological polar surface area (TPSA) is 128 Å². The Labute approximate surface area is 217 Å². The molecule has 3 rings (SSSR count). The van der Waals surface area contributed by atoms with E-state index in [1.165, 1.54) is 53.0 Å². The third kappa shape index (κ3) is 7.61. The first-order valence-electron chi connectivity index (χ1n) is 11.5. The zero-order chi connectivity index (χ0) is 26.8. The molecule has 0 saturated carbocycles. The molecule has 1 aliphatic heterocycles. The van der Waals surface area contributed by atoms with Gasteiger partial charge in [-0.15, -0.1) is 0 Å². The molecule has 1 saturated heterocycles. The van der Waals surface area contributed by atoms with Gasteiger partial charge >= 0.3 is 0 Å². The molecular formula is C25H32N4O7S. The minimum Gasteiger partial charge on any atom is -0.496 e. The SMILES string of the molecule is COc1cc(OC)c(C=CS(=O)(=O)Cc2cnc(OC)c(NC=CC(=O)N3CCNCC3)c2)c(OC)c1. The Kier molecular flexibility index (Phi) is 9.75. The molecule has 0 radical (unpaired) electrons. The fourth-order valence-corrected chi connectivity index (χ4v) is 4.74. The van der Waals surface area contributed by atoms with E-state index in [1.807, 2.05) is 0 Å². The van der Waals surface area contributed by atoms with E-state index in [0.717, 1.165) is 18.5 Å². The number of anilines is 1. The molecule has 0 unspecified atom stereocenters. The number of amides is 1. The quantitative estimate of drug-likeness (QED) is 0.415. The van der Waals surface area contributed by atoms with Crippen molar-refractivity contribution in [3.05, 3.63) is 53.2 Å². The standard InChI is InChI=1S/C25H32N4O7S/c1-33-19-14-22(34-2)20(23(15-19)35-3)6-12-37(31,32)17-18-13-21(25(36-4)28-16-18)27-7-5-24(30)29-10-8-26-9-11-29/h5-7,12-16,26-27H,8-11,17H2,1-4H3. The van der Waals surface area contributed by atoms with E-state index in [1.54, 1.807) is 23.1 Å². The second kappa shape index (κ2) is 13.0. The second-order valence-electron chi connectivity index (χ2n) is 8.01. The minimum atomic E-state index is -3.70. The Balaban J connectivity index is 1.76. The molecule has 0 aliphatic carbocycles. The van der Waals surface area contributed by atoms with E-state index >= 15 is 0 Å². The van der Waals surface area contributed by atoms with Crippen molar-refractivity contribution in [2.45, 2.75) is 5.75 Å². The van der Waals surface area contributed by atoms with Gasteiger partial charge in [-0.3, -0.25) is 4.79 Å². The number of carbonyl (C=O) groups excluding carboxylic acids is 1. The number of benzene rings is 1. The van der Waals surface area contributed by atoms with Crippen LogP contribution in [0.25, 0.3) is 6.08 Å². The van der Waals surface area contributed by atoms with Crippen molar-refractivity contribution in [1.82, 2.24) is 15.2 Å². The Morgan fingerprint density at radius 1 is 1.05 bits per heavy atom. The smallest absolute Gasteiger partial charge is 0.248 e. The lowest BCUT2D eigenvalue weighted by Gasteiger charge is -2.26. The highest BCUT2D eigenvalue weighted by Gasteiger charge is 2.16. The van der Waals surface area contributed by atoms with Crippen molar-refractivity contribution < 1.29 is 32.2 Å². The number of carbonyl (C=O) groups is 1. The van der Waals surface area contributed by atoms with Gasteiger partial charge in [0.25, 0.3) is 0 Å². The first kappa shape index (κ1) is 27.8. The monoisotopic (exact) mass is 532 g/mol. The summed E-state index contributed by atoms with van der Waals surface area (Å²) >= 11 is 0. The molecule has 1 aromatic carbocycles. The molecule has 12 heteroatoms. The van der Waals surface area contributed by atoms with Gasteiger partial charge in [0.15, 0.2) is 9.84 Å². The summed E-state index contributed by atoms with van der Waals surface area (Å²) in [6.45, 7) is 2.80. The lowest BCUT2D eigenvalue weighted by Crippen LogP contribution is -2.45. The summed E-state index contributed by atoms with van der Waals surface area (Å²) in [4.78, 5) is 18.3. The van der Waals surface area contributed by atoms with Crippen molar-refractivity contribution in [3.8, 4) is 23.1 Å². The maximum atomic E-state index is 12.9. The largest absolute Gasteiger partial charge is 0.496 e. The minimum absolute atomic E-state index is 0.116. The Bertz CT molecular complexity index is 1230. The number of pyridine rings is 1. The summed E-state index contributed by atoms with van der Waals surface area (Å²) in [7, 11) is 2.22. The van der Waals surface area contributed by atoms with Gasteiger partial charge in [-0.25, -0.2) is 13.4 Å². The molecule has 0 bridgehead atoms. The zero-order valence-corrected chi connectivity index (χ0v) is 22.1. The summed E-state index contributed by atoms with van der Waals surface area (Å²) in [5.41, 5.74) is 1.33. The molecule has 2 aromatic rings. The Morgan fingerprint density at radius 3 is 2.32 bits per heavy atom. The van der Waals surface area contributed by atoms with Crippen LogP contribution < -0.4 is 29.6 Å². The fourth-order valence-electron chi connectivity index (χ4n) is 3.68. The molecule has 1 aromatic heterocycles. The second-order valence-corrected chi connectivity index (χ2v) is 9.90. The van der Waals surface area contributed by atoms with E-state index in [4.69, 9.17) is 18.9 Å². The van der Waals surface area contributed by atoms with E-state index in [9.17, 15) is 13.2 Å². The van der Waals surface area contributed by atoms with Crippen LogP contribution >= 0.6 is 0 Å². The third-order valence-corrected chi connectivity index (χ3v) is 6.84. The average molecular weight is 533 g/mol. The van der Waals surface area contributed by atoms with E-state index in [0.29, 0.717) is 47.2 Å². The van der Waals surface area contributed by atoms with Crippen molar-refractivity contribution in [2.24, 2.45) is 0 Å². The number of nitrogens with one attached hydrogen (secondary N) is 2. The summed E-state index contributed by atoms with van der Waals surface area (Å²) in [6.07, 6.45) is 5.77. The number of ether oxygens (including phenoxy) is 4. The van der Waals surface area contributed by atoms with Crippen molar-refractivity contribution in [3.63, 3.8) is 0 Å². The molecule has 2 N–H and O–H groups in total. The van der Waals surface area contributed by atoms with Crippen LogP contribution in [0.15, 0.2) is 42.1 Å². The van der Waals surface area contributed by atoms with Gasteiger partial charge in [-0.1, -0.05) is 0 Å². The number of aromatic nitrogens is 1.